The zero-order valence-electron chi connectivity index (χ0n) is 13.3. The molecular weight excluding hydrogens is 351 g/mol. The number of halogens is 2. The van der Waals surface area contributed by atoms with Crippen molar-refractivity contribution < 1.29 is 12.8 Å². The summed E-state index contributed by atoms with van der Waals surface area (Å²) in [7, 11) is -3.71. The maximum Gasteiger partial charge on any atom is 0.241 e. The fraction of sp³-hybridized carbons (Fsp3) is 0.294. The summed E-state index contributed by atoms with van der Waals surface area (Å²) < 4.78 is 41.3. The molecular formula is C17H20ClFN2O2S. The summed E-state index contributed by atoms with van der Waals surface area (Å²) in [5, 5.41) is 0. The van der Waals surface area contributed by atoms with E-state index in [0.717, 1.165) is 36.5 Å². The van der Waals surface area contributed by atoms with Gasteiger partial charge in [-0.3, -0.25) is 0 Å². The molecule has 0 saturated carbocycles. The Bertz CT molecular complexity index is 856. The second kappa shape index (κ2) is 7.09. The van der Waals surface area contributed by atoms with Crippen LogP contribution in [0.4, 0.5) is 10.1 Å². The van der Waals surface area contributed by atoms with Gasteiger partial charge < -0.3 is 5.73 Å². The number of hydrogen-bond acceptors (Lipinski definition) is 3. The lowest BCUT2D eigenvalue weighted by molar-refractivity contribution is 0.507. The van der Waals surface area contributed by atoms with E-state index in [1.807, 2.05) is 12.1 Å². The molecule has 0 aromatic heterocycles. The van der Waals surface area contributed by atoms with Crippen molar-refractivity contribution in [1.82, 2.24) is 4.72 Å². The highest BCUT2D eigenvalue weighted by Gasteiger charge is 2.26. The summed E-state index contributed by atoms with van der Waals surface area (Å²) in [6.45, 7) is 1.59. The van der Waals surface area contributed by atoms with E-state index in [4.69, 9.17) is 5.73 Å². The minimum atomic E-state index is -3.71. The largest absolute Gasteiger partial charge is 0.399 e. The van der Waals surface area contributed by atoms with Crippen LogP contribution in [0.15, 0.2) is 41.3 Å². The first kappa shape index (κ1) is 18.7. The SMILES string of the molecule is Cc1cc(F)ccc1S(=O)(=O)NC1CCCc2cc(N)ccc21.Cl. The first-order valence-electron chi connectivity index (χ1n) is 7.53. The van der Waals surface area contributed by atoms with E-state index in [9.17, 15) is 12.8 Å². The van der Waals surface area contributed by atoms with Crippen LogP contribution in [0.5, 0.6) is 0 Å². The number of nitrogens with two attached hydrogens (primary N) is 1. The molecule has 3 N–H and O–H groups in total. The van der Waals surface area contributed by atoms with Crippen LogP contribution >= 0.6 is 12.4 Å². The molecule has 130 valence electrons. The molecule has 4 nitrogen and oxygen atoms in total. The van der Waals surface area contributed by atoms with E-state index in [2.05, 4.69) is 4.72 Å². The molecule has 0 heterocycles. The Morgan fingerprint density at radius 2 is 1.96 bits per heavy atom. The number of fused-ring (bicyclic) bond motifs is 1. The number of sulfonamides is 1. The lowest BCUT2D eigenvalue weighted by Crippen LogP contribution is -2.31. The van der Waals surface area contributed by atoms with Crippen molar-refractivity contribution in [3.8, 4) is 0 Å². The van der Waals surface area contributed by atoms with E-state index in [1.165, 1.54) is 12.1 Å². The van der Waals surface area contributed by atoms with Gasteiger partial charge in [-0.25, -0.2) is 17.5 Å². The molecule has 1 atom stereocenters. The van der Waals surface area contributed by atoms with Crippen LogP contribution in [0.2, 0.25) is 0 Å². The molecule has 7 heteroatoms. The van der Waals surface area contributed by atoms with Gasteiger partial charge in [0.05, 0.1) is 4.90 Å². The van der Waals surface area contributed by atoms with Crippen LogP contribution in [0.1, 0.15) is 35.6 Å². The van der Waals surface area contributed by atoms with Crippen LogP contribution in [0.3, 0.4) is 0 Å². The van der Waals surface area contributed by atoms with Crippen LogP contribution in [0, 0.1) is 12.7 Å². The first-order valence-corrected chi connectivity index (χ1v) is 9.02. The highest BCUT2D eigenvalue weighted by molar-refractivity contribution is 7.89. The molecule has 2 aromatic carbocycles. The number of aryl methyl sites for hydroxylation is 2. The quantitative estimate of drug-likeness (QED) is 0.812. The molecule has 1 unspecified atom stereocenters. The molecule has 1 aliphatic carbocycles. The van der Waals surface area contributed by atoms with Crippen LogP contribution < -0.4 is 10.5 Å². The maximum atomic E-state index is 13.2. The third-order valence-corrected chi connectivity index (χ3v) is 5.84. The summed E-state index contributed by atoms with van der Waals surface area (Å²) in [4.78, 5) is 0.112. The molecule has 2 aromatic rings. The Balaban J connectivity index is 0.00000208. The van der Waals surface area contributed by atoms with Gasteiger partial charge in [0.15, 0.2) is 0 Å². The number of rotatable bonds is 3. The van der Waals surface area contributed by atoms with Crippen molar-refractivity contribution in [2.75, 3.05) is 5.73 Å². The second-order valence-electron chi connectivity index (χ2n) is 5.93. The fourth-order valence-corrected chi connectivity index (χ4v) is 4.60. The normalized spacial score (nSPS) is 17.0. The second-order valence-corrected chi connectivity index (χ2v) is 7.62. The number of nitrogens with one attached hydrogen (secondary N) is 1. The molecule has 0 amide bonds. The number of anilines is 1. The number of benzene rings is 2. The van der Waals surface area contributed by atoms with Gasteiger partial charge in [-0.15, -0.1) is 12.4 Å². The van der Waals surface area contributed by atoms with Crippen LogP contribution in [-0.4, -0.2) is 8.42 Å². The monoisotopic (exact) mass is 370 g/mol. The summed E-state index contributed by atoms with van der Waals surface area (Å²) in [5.74, 6) is -0.445. The summed E-state index contributed by atoms with van der Waals surface area (Å²) in [5.41, 5.74) is 8.93. The van der Waals surface area contributed by atoms with Gasteiger partial charge in [0.1, 0.15) is 5.82 Å². The zero-order chi connectivity index (χ0) is 16.6. The average molecular weight is 371 g/mol. The fourth-order valence-electron chi connectivity index (χ4n) is 3.12. The Hall–Kier alpha value is -1.63. The lowest BCUT2D eigenvalue weighted by atomic mass is 9.88. The summed E-state index contributed by atoms with van der Waals surface area (Å²) in [6, 6.07) is 8.98. The Kier molecular flexibility index (Phi) is 5.52. The molecule has 0 radical (unpaired) electrons. The van der Waals surface area contributed by atoms with E-state index < -0.39 is 15.8 Å². The molecule has 0 bridgehead atoms. The van der Waals surface area contributed by atoms with E-state index in [1.54, 1.807) is 13.0 Å². The van der Waals surface area contributed by atoms with Crippen molar-refractivity contribution in [3.05, 3.63) is 58.9 Å². The molecule has 0 saturated heterocycles. The van der Waals surface area contributed by atoms with Gasteiger partial charge >= 0.3 is 0 Å². The van der Waals surface area contributed by atoms with Gasteiger partial charge in [0.25, 0.3) is 0 Å². The van der Waals surface area contributed by atoms with Gasteiger partial charge in [0.2, 0.25) is 10.0 Å². The van der Waals surface area contributed by atoms with Crippen molar-refractivity contribution in [2.24, 2.45) is 0 Å². The maximum absolute atomic E-state index is 13.2. The smallest absolute Gasteiger partial charge is 0.241 e. The van der Waals surface area contributed by atoms with Gasteiger partial charge in [-0.1, -0.05) is 6.07 Å². The highest BCUT2D eigenvalue weighted by Crippen LogP contribution is 2.32. The van der Waals surface area contributed by atoms with Crippen molar-refractivity contribution >= 4 is 28.1 Å². The molecule has 24 heavy (non-hydrogen) atoms. The molecule has 1 aliphatic rings. The number of hydrogen-bond donors (Lipinski definition) is 2. The molecule has 0 aliphatic heterocycles. The molecule has 3 rings (SSSR count). The minimum absolute atomic E-state index is 0. The Labute approximate surface area is 147 Å². The minimum Gasteiger partial charge on any atom is -0.399 e. The van der Waals surface area contributed by atoms with Crippen LogP contribution in [0.25, 0.3) is 0 Å². The van der Waals surface area contributed by atoms with Gasteiger partial charge in [-0.05, 0) is 73.2 Å². The molecule has 0 spiro atoms. The summed E-state index contributed by atoms with van der Waals surface area (Å²) in [6.07, 6.45) is 2.52. The van der Waals surface area contributed by atoms with Crippen molar-refractivity contribution in [2.45, 2.75) is 37.1 Å². The van der Waals surface area contributed by atoms with Crippen molar-refractivity contribution in [3.63, 3.8) is 0 Å². The van der Waals surface area contributed by atoms with Crippen LogP contribution in [-0.2, 0) is 16.4 Å². The van der Waals surface area contributed by atoms with Gasteiger partial charge in [-0.2, -0.15) is 0 Å². The third kappa shape index (κ3) is 3.71. The Morgan fingerprint density at radius 3 is 2.67 bits per heavy atom. The summed E-state index contributed by atoms with van der Waals surface area (Å²) >= 11 is 0. The lowest BCUT2D eigenvalue weighted by Gasteiger charge is -2.26. The Morgan fingerprint density at radius 1 is 1.21 bits per heavy atom. The van der Waals surface area contributed by atoms with Crippen molar-refractivity contribution in [1.29, 1.82) is 0 Å². The number of nitrogen functional groups attached to an aromatic ring is 1. The zero-order valence-corrected chi connectivity index (χ0v) is 14.9. The predicted molar refractivity (Wildman–Crippen MR) is 95.2 cm³/mol. The predicted octanol–water partition coefficient (Wildman–Crippen LogP) is 3.49. The topological polar surface area (TPSA) is 72.2 Å². The van der Waals surface area contributed by atoms with E-state index >= 15 is 0 Å². The highest BCUT2D eigenvalue weighted by atomic mass is 35.5. The standard InChI is InChI=1S/C17H19FN2O2S.ClH/c1-11-9-13(18)5-8-17(11)23(21,22)20-16-4-2-3-12-10-14(19)6-7-15(12)16;/h5-10,16,20H,2-4,19H2,1H3;1H. The average Bonchev–Trinajstić information content (AvgIpc) is 2.46. The van der Waals surface area contributed by atoms with E-state index in [-0.39, 0.29) is 23.3 Å². The van der Waals surface area contributed by atoms with E-state index in [0.29, 0.717) is 11.3 Å². The van der Waals surface area contributed by atoms with Gasteiger partial charge in [0, 0.05) is 11.7 Å². The first-order chi connectivity index (χ1) is 10.9. The third-order valence-electron chi connectivity index (χ3n) is 4.21. The molecule has 0 fully saturated rings.